The molecule has 0 atom stereocenters. The average Bonchev–Trinajstić information content (AvgIpc) is 2.09. The predicted octanol–water partition coefficient (Wildman–Crippen LogP) is 2.71. The molecule has 0 heterocycles. The Bertz CT molecular complexity index is 128. The molecule has 0 bridgehead atoms. The molecule has 0 aromatic rings. The molecule has 0 spiro atoms. The highest BCUT2D eigenvalue weighted by Crippen LogP contribution is 1.89. The Balaban J connectivity index is 0. The van der Waals surface area contributed by atoms with Crippen LogP contribution in [-0.4, -0.2) is 12.6 Å². The molecule has 2 nitrogen and oxygen atoms in total. The molecule has 0 saturated heterocycles. The molecule has 2 heteroatoms. The second-order valence-electron chi connectivity index (χ2n) is 1.94. The van der Waals surface area contributed by atoms with Gasteiger partial charge in [-0.3, -0.25) is 0 Å². The predicted molar refractivity (Wildman–Crippen MR) is 51.9 cm³/mol. The number of carbonyl (C=O) groups excluding carboxylic acids is 1. The summed E-state index contributed by atoms with van der Waals surface area (Å²) in [4.78, 5) is 10.6. The van der Waals surface area contributed by atoms with Crippen LogP contribution in [0.25, 0.3) is 0 Å². The molecule has 0 N–H and O–H groups in total. The van der Waals surface area contributed by atoms with Crippen molar-refractivity contribution in [2.75, 3.05) is 6.61 Å². The fourth-order valence-corrected chi connectivity index (χ4v) is 0.537. The van der Waals surface area contributed by atoms with Gasteiger partial charge >= 0.3 is 5.97 Å². The van der Waals surface area contributed by atoms with Gasteiger partial charge in [0.1, 0.15) is 0 Å². The average molecular weight is 170 g/mol. The summed E-state index contributed by atoms with van der Waals surface area (Å²) in [5, 5.41) is 0. The SMILES string of the molecule is C=C.CCCC=CC(=O)OCC. The van der Waals surface area contributed by atoms with Crippen molar-refractivity contribution in [1.29, 1.82) is 0 Å². The molecule has 0 saturated carbocycles. The standard InChI is InChI=1S/C8H14O2.C2H4/c1-3-5-6-7-8(9)10-4-2;1-2/h6-7H,3-5H2,1-2H3;1-2H2. The van der Waals surface area contributed by atoms with Gasteiger partial charge in [-0.05, 0) is 13.3 Å². The van der Waals surface area contributed by atoms with Crippen LogP contribution in [0.2, 0.25) is 0 Å². The summed E-state index contributed by atoms with van der Waals surface area (Å²) in [7, 11) is 0. The van der Waals surface area contributed by atoms with E-state index >= 15 is 0 Å². The quantitative estimate of drug-likeness (QED) is 0.368. The van der Waals surface area contributed by atoms with Crippen molar-refractivity contribution in [3.63, 3.8) is 0 Å². The molecule has 0 aromatic carbocycles. The zero-order valence-corrected chi connectivity index (χ0v) is 8.01. The van der Waals surface area contributed by atoms with Gasteiger partial charge in [-0.25, -0.2) is 4.79 Å². The second-order valence-corrected chi connectivity index (χ2v) is 1.94. The molecular formula is C10H18O2. The molecular weight excluding hydrogens is 152 g/mol. The van der Waals surface area contributed by atoms with Crippen molar-refractivity contribution in [1.82, 2.24) is 0 Å². The van der Waals surface area contributed by atoms with Crippen molar-refractivity contribution in [3.8, 4) is 0 Å². The van der Waals surface area contributed by atoms with Gasteiger partial charge in [-0.1, -0.05) is 19.4 Å². The maximum Gasteiger partial charge on any atom is 0.330 e. The number of ether oxygens (including phenoxy) is 1. The van der Waals surface area contributed by atoms with E-state index in [-0.39, 0.29) is 5.97 Å². The van der Waals surface area contributed by atoms with Gasteiger partial charge in [0.25, 0.3) is 0 Å². The minimum Gasteiger partial charge on any atom is -0.463 e. The zero-order valence-electron chi connectivity index (χ0n) is 8.01. The van der Waals surface area contributed by atoms with Gasteiger partial charge in [0.2, 0.25) is 0 Å². The Morgan fingerprint density at radius 2 is 2.00 bits per heavy atom. The Kier molecular flexibility index (Phi) is 14.2. The smallest absolute Gasteiger partial charge is 0.330 e. The molecule has 0 aliphatic carbocycles. The first kappa shape index (κ1) is 13.5. The van der Waals surface area contributed by atoms with Crippen LogP contribution in [0.1, 0.15) is 26.7 Å². The van der Waals surface area contributed by atoms with Crippen molar-refractivity contribution in [2.45, 2.75) is 26.7 Å². The van der Waals surface area contributed by atoms with E-state index in [4.69, 9.17) is 0 Å². The van der Waals surface area contributed by atoms with Crippen LogP contribution in [0.5, 0.6) is 0 Å². The van der Waals surface area contributed by atoms with E-state index in [0.717, 1.165) is 12.8 Å². The first-order chi connectivity index (χ1) is 5.81. The molecule has 0 unspecified atom stereocenters. The normalized spacial score (nSPS) is 8.83. The van der Waals surface area contributed by atoms with E-state index in [2.05, 4.69) is 24.8 Å². The number of carbonyl (C=O) groups is 1. The van der Waals surface area contributed by atoms with Gasteiger partial charge in [0.15, 0.2) is 0 Å². The highest BCUT2D eigenvalue weighted by atomic mass is 16.5. The summed E-state index contributed by atoms with van der Waals surface area (Å²) in [5.41, 5.74) is 0. The zero-order chi connectivity index (χ0) is 9.82. The fraction of sp³-hybridized carbons (Fsp3) is 0.500. The van der Waals surface area contributed by atoms with Crippen LogP contribution in [0.3, 0.4) is 0 Å². The van der Waals surface area contributed by atoms with Crippen LogP contribution in [0.15, 0.2) is 25.3 Å². The molecule has 0 rings (SSSR count). The first-order valence-corrected chi connectivity index (χ1v) is 4.14. The van der Waals surface area contributed by atoms with E-state index in [1.54, 1.807) is 6.92 Å². The lowest BCUT2D eigenvalue weighted by Crippen LogP contribution is -1.98. The third-order valence-corrected chi connectivity index (χ3v) is 0.996. The Hall–Kier alpha value is -1.05. The number of hydrogen-bond donors (Lipinski definition) is 0. The highest BCUT2D eigenvalue weighted by Gasteiger charge is 1.90. The molecule has 0 aliphatic rings. The van der Waals surface area contributed by atoms with Gasteiger partial charge in [0.05, 0.1) is 6.61 Å². The van der Waals surface area contributed by atoms with Crippen LogP contribution >= 0.6 is 0 Å². The van der Waals surface area contributed by atoms with E-state index < -0.39 is 0 Å². The monoisotopic (exact) mass is 170 g/mol. The van der Waals surface area contributed by atoms with Gasteiger partial charge < -0.3 is 4.74 Å². The number of rotatable bonds is 4. The van der Waals surface area contributed by atoms with Crippen LogP contribution in [0.4, 0.5) is 0 Å². The minimum atomic E-state index is -0.240. The van der Waals surface area contributed by atoms with E-state index in [9.17, 15) is 4.79 Å². The van der Waals surface area contributed by atoms with Crippen LogP contribution < -0.4 is 0 Å². The Labute approximate surface area is 74.9 Å². The van der Waals surface area contributed by atoms with Crippen molar-refractivity contribution in [3.05, 3.63) is 25.3 Å². The second kappa shape index (κ2) is 12.6. The fourth-order valence-electron chi connectivity index (χ4n) is 0.537. The topological polar surface area (TPSA) is 26.3 Å². The lowest BCUT2D eigenvalue weighted by Gasteiger charge is -1.93. The third-order valence-electron chi connectivity index (χ3n) is 0.996. The number of unbranched alkanes of at least 4 members (excludes halogenated alkanes) is 1. The Morgan fingerprint density at radius 1 is 1.42 bits per heavy atom. The molecule has 0 amide bonds. The molecule has 0 fully saturated rings. The first-order valence-electron chi connectivity index (χ1n) is 4.14. The third kappa shape index (κ3) is 11.7. The van der Waals surface area contributed by atoms with E-state index in [0.29, 0.717) is 6.61 Å². The summed E-state index contributed by atoms with van der Waals surface area (Å²) < 4.78 is 4.66. The summed E-state index contributed by atoms with van der Waals surface area (Å²) in [6.45, 7) is 10.3. The molecule has 12 heavy (non-hydrogen) atoms. The summed E-state index contributed by atoms with van der Waals surface area (Å²) in [5.74, 6) is -0.240. The van der Waals surface area contributed by atoms with Crippen LogP contribution in [0, 0.1) is 0 Å². The summed E-state index contributed by atoms with van der Waals surface area (Å²) in [6.07, 6.45) is 5.32. The van der Waals surface area contributed by atoms with Crippen molar-refractivity contribution < 1.29 is 9.53 Å². The van der Waals surface area contributed by atoms with Crippen molar-refractivity contribution in [2.24, 2.45) is 0 Å². The highest BCUT2D eigenvalue weighted by molar-refractivity contribution is 5.81. The van der Waals surface area contributed by atoms with Gasteiger partial charge in [-0.15, -0.1) is 13.2 Å². The van der Waals surface area contributed by atoms with Gasteiger partial charge in [0, 0.05) is 6.08 Å². The van der Waals surface area contributed by atoms with Gasteiger partial charge in [-0.2, -0.15) is 0 Å². The molecule has 0 aromatic heterocycles. The van der Waals surface area contributed by atoms with E-state index in [1.807, 2.05) is 6.08 Å². The Morgan fingerprint density at radius 3 is 2.42 bits per heavy atom. The largest absolute Gasteiger partial charge is 0.463 e. The molecule has 0 aliphatic heterocycles. The lowest BCUT2D eigenvalue weighted by molar-refractivity contribution is -0.137. The number of hydrogen-bond acceptors (Lipinski definition) is 2. The number of esters is 1. The molecule has 70 valence electrons. The van der Waals surface area contributed by atoms with Crippen LogP contribution in [-0.2, 0) is 9.53 Å². The lowest BCUT2D eigenvalue weighted by atomic mass is 10.3. The number of allylic oxidation sites excluding steroid dienone is 1. The maximum absolute atomic E-state index is 10.6. The molecule has 0 radical (unpaired) electrons. The summed E-state index contributed by atoms with van der Waals surface area (Å²) in [6, 6.07) is 0. The van der Waals surface area contributed by atoms with E-state index in [1.165, 1.54) is 6.08 Å². The van der Waals surface area contributed by atoms with Crippen molar-refractivity contribution >= 4 is 5.97 Å². The maximum atomic E-state index is 10.6. The minimum absolute atomic E-state index is 0.240. The summed E-state index contributed by atoms with van der Waals surface area (Å²) >= 11 is 0.